The lowest BCUT2D eigenvalue weighted by molar-refractivity contribution is 0.0528. The van der Waals surface area contributed by atoms with Crippen LogP contribution < -0.4 is 5.69 Å². The number of hydrogen-bond donors (Lipinski definition) is 0. The Kier molecular flexibility index (Phi) is 4.08. The van der Waals surface area contributed by atoms with Crippen molar-refractivity contribution in [3.63, 3.8) is 0 Å². The molecule has 0 amide bonds. The lowest BCUT2D eigenvalue weighted by Crippen LogP contribution is -2.27. The predicted octanol–water partition coefficient (Wildman–Crippen LogP) is 2.06. The van der Waals surface area contributed by atoms with Gasteiger partial charge in [-0.15, -0.1) is 0 Å². The average molecular weight is 342 g/mol. The maximum atomic E-state index is 12.9. The number of carbonyl (C=O) groups excluding carboxylic acids is 2. The molecule has 7 heteroatoms. The summed E-state index contributed by atoms with van der Waals surface area (Å²) >= 11 is 0. The number of aryl methyl sites for hydroxylation is 1. The molecule has 0 saturated carbocycles. The van der Waals surface area contributed by atoms with Gasteiger partial charge in [0.15, 0.2) is 0 Å². The molecule has 0 atom stereocenters. The highest BCUT2D eigenvalue weighted by atomic mass is 16.5. The van der Waals surface area contributed by atoms with Crippen LogP contribution in [0, 0.1) is 6.92 Å². The topological polar surface area (TPSA) is 79.0 Å². The number of fused-ring (bicyclic) bond motifs is 3. The van der Waals surface area contributed by atoms with Crippen LogP contribution in [0.1, 0.15) is 33.3 Å². The molecule has 0 bridgehead atoms. The number of nitrogens with zero attached hydrogens (tertiary/aromatic N) is 2. The Morgan fingerprint density at radius 3 is 2.48 bits per heavy atom. The van der Waals surface area contributed by atoms with E-state index in [0.717, 1.165) is 0 Å². The van der Waals surface area contributed by atoms with Gasteiger partial charge in [0, 0.05) is 12.4 Å². The molecule has 0 radical (unpaired) electrons. The highest BCUT2D eigenvalue weighted by molar-refractivity contribution is 6.11. The third-order valence-electron chi connectivity index (χ3n) is 4.27. The van der Waals surface area contributed by atoms with Crippen LogP contribution in [0.3, 0.4) is 0 Å². The highest BCUT2D eigenvalue weighted by Gasteiger charge is 2.29. The molecule has 130 valence electrons. The van der Waals surface area contributed by atoms with Crippen LogP contribution in [0.25, 0.3) is 16.4 Å². The monoisotopic (exact) mass is 342 g/mol. The first-order valence-corrected chi connectivity index (χ1v) is 7.82. The molecule has 1 aromatic carbocycles. The van der Waals surface area contributed by atoms with Gasteiger partial charge in [-0.2, -0.15) is 0 Å². The van der Waals surface area contributed by atoms with Crippen LogP contribution in [0.4, 0.5) is 0 Å². The fourth-order valence-corrected chi connectivity index (χ4v) is 3.15. The van der Waals surface area contributed by atoms with Gasteiger partial charge in [0.25, 0.3) is 0 Å². The molecular formula is C18H18N2O5. The minimum atomic E-state index is -0.685. The molecule has 0 spiro atoms. The molecule has 25 heavy (non-hydrogen) atoms. The van der Waals surface area contributed by atoms with Crippen molar-refractivity contribution >= 4 is 28.4 Å². The van der Waals surface area contributed by atoms with E-state index in [1.807, 2.05) is 6.07 Å². The quantitative estimate of drug-likeness (QED) is 0.681. The summed E-state index contributed by atoms with van der Waals surface area (Å²) < 4.78 is 12.6. The van der Waals surface area contributed by atoms with Crippen LogP contribution in [-0.4, -0.2) is 34.6 Å². The highest BCUT2D eigenvalue weighted by Crippen LogP contribution is 2.29. The van der Waals surface area contributed by atoms with Gasteiger partial charge in [-0.25, -0.2) is 14.4 Å². The van der Waals surface area contributed by atoms with Gasteiger partial charge < -0.3 is 9.47 Å². The summed E-state index contributed by atoms with van der Waals surface area (Å²) in [4.78, 5) is 37.7. The normalized spacial score (nSPS) is 11.0. The second-order valence-corrected chi connectivity index (χ2v) is 5.60. The van der Waals surface area contributed by atoms with Crippen LogP contribution in [0.5, 0.6) is 0 Å². The Balaban J connectivity index is 2.63. The number of para-hydroxylation sites is 1. The van der Waals surface area contributed by atoms with Crippen LogP contribution in [0.2, 0.25) is 0 Å². The Morgan fingerprint density at radius 1 is 1.16 bits per heavy atom. The summed E-state index contributed by atoms with van der Waals surface area (Å²) in [6, 6.07) is 7.19. The molecule has 0 fully saturated rings. The van der Waals surface area contributed by atoms with Gasteiger partial charge in [0.2, 0.25) is 0 Å². The SMILES string of the molecule is CCOC(=O)c1c(C)c(C(=O)OC)n2c(=O)n(C)c3ccccc3c12. The molecule has 0 N–H and O–H groups in total. The molecule has 0 saturated heterocycles. The second kappa shape index (κ2) is 6.08. The third-order valence-corrected chi connectivity index (χ3v) is 4.27. The van der Waals surface area contributed by atoms with Crippen LogP contribution >= 0.6 is 0 Å². The minimum absolute atomic E-state index is 0.0342. The van der Waals surface area contributed by atoms with Crippen LogP contribution in [0.15, 0.2) is 29.1 Å². The van der Waals surface area contributed by atoms with E-state index in [-0.39, 0.29) is 17.9 Å². The zero-order chi connectivity index (χ0) is 18.3. The van der Waals surface area contributed by atoms with Gasteiger partial charge in [0.1, 0.15) is 5.69 Å². The molecule has 0 aliphatic carbocycles. The van der Waals surface area contributed by atoms with E-state index in [0.29, 0.717) is 22.0 Å². The Labute approximate surface area is 143 Å². The molecule has 0 aliphatic heterocycles. The number of methoxy groups -OCH3 is 1. The summed E-state index contributed by atoms with van der Waals surface area (Å²) in [5.41, 5.74) is 1.17. The number of rotatable bonds is 3. The van der Waals surface area contributed by atoms with E-state index >= 15 is 0 Å². The Morgan fingerprint density at radius 2 is 1.84 bits per heavy atom. The van der Waals surface area contributed by atoms with Gasteiger partial charge in [-0.3, -0.25) is 8.97 Å². The minimum Gasteiger partial charge on any atom is -0.464 e. The zero-order valence-corrected chi connectivity index (χ0v) is 14.5. The van der Waals surface area contributed by atoms with E-state index in [1.165, 1.54) is 16.1 Å². The molecule has 2 heterocycles. The van der Waals surface area contributed by atoms with Crippen molar-refractivity contribution in [3.05, 3.63) is 51.6 Å². The maximum Gasteiger partial charge on any atom is 0.355 e. The van der Waals surface area contributed by atoms with Crippen LogP contribution in [-0.2, 0) is 16.5 Å². The zero-order valence-electron chi connectivity index (χ0n) is 14.5. The van der Waals surface area contributed by atoms with E-state index < -0.39 is 17.6 Å². The maximum absolute atomic E-state index is 12.9. The third kappa shape index (κ3) is 2.31. The summed E-state index contributed by atoms with van der Waals surface area (Å²) in [5.74, 6) is -1.26. The van der Waals surface area contributed by atoms with Crippen molar-refractivity contribution < 1.29 is 19.1 Å². The van der Waals surface area contributed by atoms with Gasteiger partial charge in [-0.05, 0) is 25.5 Å². The lowest BCUT2D eigenvalue weighted by atomic mass is 10.1. The van der Waals surface area contributed by atoms with Crippen molar-refractivity contribution in [2.45, 2.75) is 13.8 Å². The van der Waals surface area contributed by atoms with E-state index in [1.54, 1.807) is 39.1 Å². The molecule has 7 nitrogen and oxygen atoms in total. The number of esters is 2. The smallest absolute Gasteiger partial charge is 0.355 e. The van der Waals surface area contributed by atoms with E-state index in [4.69, 9.17) is 9.47 Å². The molecular weight excluding hydrogens is 324 g/mol. The Hall–Kier alpha value is -3.09. The first-order chi connectivity index (χ1) is 11.9. The fourth-order valence-electron chi connectivity index (χ4n) is 3.15. The summed E-state index contributed by atoms with van der Waals surface area (Å²) in [6.07, 6.45) is 0. The van der Waals surface area contributed by atoms with Gasteiger partial charge in [-0.1, -0.05) is 18.2 Å². The molecule has 2 aromatic heterocycles. The van der Waals surface area contributed by atoms with Crippen molar-refractivity contribution in [2.24, 2.45) is 7.05 Å². The van der Waals surface area contributed by atoms with Crippen molar-refractivity contribution in [1.29, 1.82) is 0 Å². The van der Waals surface area contributed by atoms with E-state index in [2.05, 4.69) is 0 Å². The van der Waals surface area contributed by atoms with Gasteiger partial charge in [0.05, 0.1) is 30.3 Å². The summed E-state index contributed by atoms with van der Waals surface area (Å²) in [5, 5.41) is 0.672. The first-order valence-electron chi connectivity index (χ1n) is 7.82. The van der Waals surface area contributed by atoms with Crippen molar-refractivity contribution in [2.75, 3.05) is 13.7 Å². The van der Waals surface area contributed by atoms with Crippen molar-refractivity contribution in [3.8, 4) is 0 Å². The molecule has 0 aliphatic rings. The number of benzene rings is 1. The number of ether oxygens (including phenoxy) is 2. The predicted molar refractivity (Wildman–Crippen MR) is 92.2 cm³/mol. The number of aromatic nitrogens is 2. The van der Waals surface area contributed by atoms with E-state index in [9.17, 15) is 14.4 Å². The largest absolute Gasteiger partial charge is 0.464 e. The molecule has 3 rings (SSSR count). The standard InChI is InChI=1S/C18H18N2O5/c1-5-25-16(21)13-10(2)14(17(22)24-4)20-15(13)11-8-6-7-9-12(11)19(3)18(20)23/h6-9H,5H2,1-4H3. The Bertz CT molecular complexity index is 1070. The molecule has 3 aromatic rings. The van der Waals surface area contributed by atoms with Gasteiger partial charge >= 0.3 is 17.6 Å². The lowest BCUT2D eigenvalue weighted by Gasteiger charge is -2.09. The number of hydrogen-bond acceptors (Lipinski definition) is 5. The fraction of sp³-hybridized carbons (Fsp3) is 0.278. The summed E-state index contributed by atoms with van der Waals surface area (Å²) in [7, 11) is 2.85. The first kappa shape index (κ1) is 16.8. The number of carbonyl (C=O) groups is 2. The average Bonchev–Trinajstić information content (AvgIpc) is 2.92. The van der Waals surface area contributed by atoms with Crippen molar-refractivity contribution in [1.82, 2.24) is 8.97 Å². The second-order valence-electron chi connectivity index (χ2n) is 5.60. The summed E-state index contributed by atoms with van der Waals surface area (Å²) in [6.45, 7) is 3.50. The molecule has 0 unspecified atom stereocenters.